The van der Waals surface area contributed by atoms with Crippen molar-refractivity contribution >= 4 is 23.1 Å². The van der Waals surface area contributed by atoms with Crippen molar-refractivity contribution in [3.63, 3.8) is 0 Å². The van der Waals surface area contributed by atoms with Crippen molar-refractivity contribution in [3.05, 3.63) is 54.1 Å². The molecule has 6 heteroatoms. The van der Waals surface area contributed by atoms with E-state index in [1.54, 1.807) is 0 Å². The van der Waals surface area contributed by atoms with Crippen molar-refractivity contribution in [1.82, 2.24) is 5.32 Å². The Labute approximate surface area is 167 Å². The molecule has 28 heavy (non-hydrogen) atoms. The molecule has 0 radical (unpaired) electrons. The number of nitrogens with one attached hydrogen (secondary N) is 2. The van der Waals surface area contributed by atoms with Gasteiger partial charge in [-0.05, 0) is 49.7 Å². The predicted molar refractivity (Wildman–Crippen MR) is 116 cm³/mol. The highest BCUT2D eigenvalue weighted by Crippen LogP contribution is 2.23. The summed E-state index contributed by atoms with van der Waals surface area (Å²) in [5.74, 6) is 0. The van der Waals surface area contributed by atoms with Gasteiger partial charge in [0, 0.05) is 49.8 Å². The third-order valence-corrected chi connectivity index (χ3v) is 5.22. The molecule has 0 saturated carbocycles. The number of amides is 2. The van der Waals surface area contributed by atoms with Crippen molar-refractivity contribution < 1.29 is 9.53 Å². The number of anilines is 3. The molecule has 1 heterocycles. The summed E-state index contributed by atoms with van der Waals surface area (Å²) in [5, 5.41) is 5.93. The van der Waals surface area contributed by atoms with Gasteiger partial charge in [-0.1, -0.05) is 18.2 Å². The molecule has 3 rings (SSSR count). The molecule has 0 spiro atoms. The molecule has 2 N–H and O–H groups in total. The zero-order chi connectivity index (χ0) is 19.9. The molecule has 1 atom stereocenters. The van der Waals surface area contributed by atoms with Crippen LogP contribution in [0.2, 0.25) is 0 Å². The second kappa shape index (κ2) is 9.46. The third kappa shape index (κ3) is 5.16. The number of rotatable bonds is 6. The lowest BCUT2D eigenvalue weighted by Gasteiger charge is -2.29. The monoisotopic (exact) mass is 382 g/mol. The molecule has 1 aliphatic heterocycles. The third-order valence-electron chi connectivity index (χ3n) is 5.22. The SMILES string of the molecule is Cc1cc(N2CCOCC2)ccc1NC(=O)NC[C@H](C)N(C)c1ccccc1. The van der Waals surface area contributed by atoms with Crippen LogP contribution in [-0.2, 0) is 4.74 Å². The summed E-state index contributed by atoms with van der Waals surface area (Å²) in [7, 11) is 2.04. The van der Waals surface area contributed by atoms with Gasteiger partial charge in [0.15, 0.2) is 0 Å². The minimum Gasteiger partial charge on any atom is -0.378 e. The summed E-state index contributed by atoms with van der Waals surface area (Å²) in [5.41, 5.74) is 4.18. The maximum atomic E-state index is 12.3. The maximum Gasteiger partial charge on any atom is 0.319 e. The number of likely N-dealkylation sites (N-methyl/N-ethyl adjacent to an activating group) is 1. The van der Waals surface area contributed by atoms with Gasteiger partial charge in [0.1, 0.15) is 0 Å². The number of para-hydroxylation sites is 1. The van der Waals surface area contributed by atoms with Crippen LogP contribution in [0.3, 0.4) is 0 Å². The summed E-state index contributed by atoms with van der Waals surface area (Å²) in [4.78, 5) is 16.8. The van der Waals surface area contributed by atoms with E-state index in [1.807, 2.05) is 38.2 Å². The Kier molecular flexibility index (Phi) is 6.76. The zero-order valence-corrected chi connectivity index (χ0v) is 16.9. The van der Waals surface area contributed by atoms with E-state index in [-0.39, 0.29) is 12.1 Å². The topological polar surface area (TPSA) is 56.8 Å². The van der Waals surface area contributed by atoms with E-state index in [9.17, 15) is 4.79 Å². The summed E-state index contributed by atoms with van der Waals surface area (Å²) >= 11 is 0. The molecule has 2 amide bonds. The van der Waals surface area contributed by atoms with E-state index < -0.39 is 0 Å². The Morgan fingerprint density at radius 1 is 1.18 bits per heavy atom. The fourth-order valence-corrected chi connectivity index (χ4v) is 3.27. The van der Waals surface area contributed by atoms with Crippen molar-refractivity contribution in [2.75, 3.05) is 55.0 Å². The normalized spacial score (nSPS) is 15.0. The number of hydrogen-bond donors (Lipinski definition) is 2. The van der Waals surface area contributed by atoms with Crippen LogP contribution >= 0.6 is 0 Å². The molecule has 0 aromatic heterocycles. The number of carbonyl (C=O) groups is 1. The summed E-state index contributed by atoms with van der Waals surface area (Å²) in [6.45, 7) is 8.00. The van der Waals surface area contributed by atoms with Crippen LogP contribution in [0, 0.1) is 6.92 Å². The van der Waals surface area contributed by atoms with Gasteiger partial charge in [-0.3, -0.25) is 0 Å². The zero-order valence-electron chi connectivity index (χ0n) is 16.9. The molecule has 1 saturated heterocycles. The first-order chi connectivity index (χ1) is 13.5. The number of aryl methyl sites for hydroxylation is 1. The quantitative estimate of drug-likeness (QED) is 0.803. The Bertz CT molecular complexity index is 775. The van der Waals surface area contributed by atoms with Gasteiger partial charge in [-0.15, -0.1) is 0 Å². The number of carbonyl (C=O) groups excluding carboxylic acids is 1. The van der Waals surface area contributed by atoms with Crippen LogP contribution in [0.1, 0.15) is 12.5 Å². The number of ether oxygens (including phenoxy) is 1. The number of nitrogens with zero attached hydrogens (tertiary/aromatic N) is 2. The minimum atomic E-state index is -0.185. The molecule has 2 aromatic rings. The molecule has 0 bridgehead atoms. The number of hydrogen-bond acceptors (Lipinski definition) is 4. The number of urea groups is 1. The standard InChI is InChI=1S/C22H30N4O2/c1-17-15-20(26-11-13-28-14-12-26)9-10-21(17)24-22(27)23-16-18(2)25(3)19-7-5-4-6-8-19/h4-10,15,18H,11-14,16H2,1-3H3,(H2,23,24,27)/t18-/m0/s1. The van der Waals surface area contributed by atoms with Gasteiger partial charge in [0.2, 0.25) is 0 Å². The lowest BCUT2D eigenvalue weighted by atomic mass is 10.1. The Morgan fingerprint density at radius 3 is 2.57 bits per heavy atom. The average molecular weight is 383 g/mol. The van der Waals surface area contributed by atoms with Crippen LogP contribution in [-0.4, -0.2) is 52.0 Å². The molecule has 1 aliphatic rings. The van der Waals surface area contributed by atoms with Gasteiger partial charge in [-0.2, -0.15) is 0 Å². The number of benzene rings is 2. The minimum absolute atomic E-state index is 0.179. The summed E-state index contributed by atoms with van der Waals surface area (Å²) in [6, 6.07) is 16.3. The first-order valence-electron chi connectivity index (χ1n) is 9.80. The first kappa shape index (κ1) is 20.0. The highest BCUT2D eigenvalue weighted by Gasteiger charge is 2.14. The van der Waals surface area contributed by atoms with Gasteiger partial charge in [0.05, 0.1) is 13.2 Å². The van der Waals surface area contributed by atoms with Crippen molar-refractivity contribution in [2.45, 2.75) is 19.9 Å². The molecule has 1 fully saturated rings. The Hall–Kier alpha value is -2.73. The van der Waals surface area contributed by atoms with Crippen LogP contribution in [0.15, 0.2) is 48.5 Å². The Morgan fingerprint density at radius 2 is 1.89 bits per heavy atom. The van der Waals surface area contributed by atoms with Gasteiger partial charge in [0.25, 0.3) is 0 Å². The lowest BCUT2D eigenvalue weighted by Crippen LogP contribution is -2.41. The van der Waals surface area contributed by atoms with E-state index in [0.717, 1.165) is 43.2 Å². The second-order valence-corrected chi connectivity index (χ2v) is 7.23. The average Bonchev–Trinajstić information content (AvgIpc) is 2.74. The molecule has 150 valence electrons. The van der Waals surface area contributed by atoms with E-state index in [1.165, 1.54) is 5.69 Å². The number of morpholine rings is 1. The smallest absolute Gasteiger partial charge is 0.319 e. The highest BCUT2D eigenvalue weighted by molar-refractivity contribution is 5.90. The summed E-state index contributed by atoms with van der Waals surface area (Å²) < 4.78 is 5.41. The lowest BCUT2D eigenvalue weighted by molar-refractivity contribution is 0.122. The molecule has 6 nitrogen and oxygen atoms in total. The molecular weight excluding hydrogens is 352 g/mol. The highest BCUT2D eigenvalue weighted by atomic mass is 16.5. The fourth-order valence-electron chi connectivity index (χ4n) is 3.27. The predicted octanol–water partition coefficient (Wildman–Crippen LogP) is 3.48. The maximum absolute atomic E-state index is 12.3. The second-order valence-electron chi connectivity index (χ2n) is 7.23. The van der Waals surface area contributed by atoms with Crippen molar-refractivity contribution in [1.29, 1.82) is 0 Å². The van der Waals surface area contributed by atoms with E-state index in [4.69, 9.17) is 4.74 Å². The first-order valence-corrected chi connectivity index (χ1v) is 9.80. The molecule has 0 aliphatic carbocycles. The molecule has 2 aromatic carbocycles. The van der Waals surface area contributed by atoms with Crippen LogP contribution in [0.4, 0.5) is 21.9 Å². The van der Waals surface area contributed by atoms with Crippen LogP contribution in [0.5, 0.6) is 0 Å². The summed E-state index contributed by atoms with van der Waals surface area (Å²) in [6.07, 6.45) is 0. The van der Waals surface area contributed by atoms with Gasteiger partial charge < -0.3 is 25.2 Å². The largest absolute Gasteiger partial charge is 0.378 e. The fraction of sp³-hybridized carbons (Fsp3) is 0.409. The van der Waals surface area contributed by atoms with Gasteiger partial charge in [-0.25, -0.2) is 4.79 Å². The molecule has 0 unspecified atom stereocenters. The van der Waals surface area contributed by atoms with E-state index >= 15 is 0 Å². The van der Waals surface area contributed by atoms with Crippen molar-refractivity contribution in [2.24, 2.45) is 0 Å². The molecular formula is C22H30N4O2. The van der Waals surface area contributed by atoms with Crippen LogP contribution in [0.25, 0.3) is 0 Å². The van der Waals surface area contributed by atoms with E-state index in [0.29, 0.717) is 6.54 Å². The Balaban J connectivity index is 1.51. The van der Waals surface area contributed by atoms with E-state index in [2.05, 4.69) is 51.6 Å². The van der Waals surface area contributed by atoms with Crippen LogP contribution < -0.4 is 20.4 Å². The van der Waals surface area contributed by atoms with Crippen molar-refractivity contribution in [3.8, 4) is 0 Å². The van der Waals surface area contributed by atoms with Gasteiger partial charge >= 0.3 is 6.03 Å².